The summed E-state index contributed by atoms with van der Waals surface area (Å²) in [5.41, 5.74) is 0. The van der Waals surface area contributed by atoms with Crippen LogP contribution in [-0.2, 0) is 16.1 Å². The minimum Gasteiger partial charge on any atom is -0.390 e. The van der Waals surface area contributed by atoms with Crippen molar-refractivity contribution >= 4 is 12.2 Å². The molecular weight excluding hydrogens is 221 g/mol. The van der Waals surface area contributed by atoms with Crippen molar-refractivity contribution in [3.63, 3.8) is 0 Å². The van der Waals surface area contributed by atoms with Gasteiger partial charge in [-0.15, -0.1) is 0 Å². The molecule has 1 heterocycles. The Hall–Kier alpha value is -1.83. The van der Waals surface area contributed by atoms with E-state index in [-0.39, 0.29) is 19.8 Å². The summed E-state index contributed by atoms with van der Waals surface area (Å²) in [5, 5.41) is 10.4. The molecule has 1 aromatic heterocycles. The van der Waals surface area contributed by atoms with E-state index in [1.54, 1.807) is 0 Å². The Morgan fingerprint density at radius 1 is 1.75 bits per heavy atom. The summed E-state index contributed by atoms with van der Waals surface area (Å²) in [4.78, 5) is 23.1. The smallest absolute Gasteiger partial charge is 0.390 e. The van der Waals surface area contributed by atoms with Crippen LogP contribution in [0.3, 0.4) is 0 Å². The molecule has 0 spiro atoms. The van der Waals surface area contributed by atoms with E-state index in [9.17, 15) is 19.3 Å². The molecule has 0 saturated heterocycles. The van der Waals surface area contributed by atoms with Gasteiger partial charge in [-0.05, 0) is 4.92 Å². The Balaban J connectivity index is 2.49. The van der Waals surface area contributed by atoms with E-state index < -0.39 is 17.0 Å². The molecule has 0 bridgehead atoms. The van der Waals surface area contributed by atoms with Gasteiger partial charge < -0.3 is 19.6 Å². The molecule has 8 heteroatoms. The summed E-state index contributed by atoms with van der Waals surface area (Å²) in [6.45, 7) is -0.699. The van der Waals surface area contributed by atoms with Crippen LogP contribution in [0.5, 0.6) is 0 Å². The molecule has 88 valence electrons. The summed E-state index contributed by atoms with van der Waals surface area (Å²) in [6, 6.07) is 0. The van der Waals surface area contributed by atoms with Crippen molar-refractivity contribution in [3.05, 3.63) is 22.5 Å². The number of carbonyl (C=O) groups excluding carboxylic acids is 1. The fourth-order valence-electron chi connectivity index (χ4n) is 1.13. The van der Waals surface area contributed by atoms with E-state index in [1.165, 1.54) is 12.4 Å². The molecule has 0 aliphatic carbocycles. The van der Waals surface area contributed by atoms with Crippen molar-refractivity contribution in [2.75, 3.05) is 13.2 Å². The molecular formula is C8H10FN3O4. The molecule has 0 amide bonds. The van der Waals surface area contributed by atoms with E-state index in [0.717, 1.165) is 4.57 Å². The van der Waals surface area contributed by atoms with Crippen molar-refractivity contribution in [2.24, 2.45) is 0 Å². The second-order valence-electron chi connectivity index (χ2n) is 2.94. The zero-order chi connectivity index (χ0) is 12.0. The number of nitrogens with zero attached hydrogens (tertiary/aromatic N) is 3. The number of halogens is 1. The monoisotopic (exact) mass is 231 g/mol. The van der Waals surface area contributed by atoms with Gasteiger partial charge in [-0.2, -0.15) is 0 Å². The highest BCUT2D eigenvalue weighted by molar-refractivity contribution is 5.50. The number of imidazole rings is 1. The van der Waals surface area contributed by atoms with Crippen molar-refractivity contribution in [1.29, 1.82) is 0 Å². The zero-order valence-electron chi connectivity index (χ0n) is 8.28. The van der Waals surface area contributed by atoms with E-state index in [2.05, 4.69) is 9.72 Å². The fraction of sp³-hybridized carbons (Fsp3) is 0.500. The van der Waals surface area contributed by atoms with E-state index in [1.807, 2.05) is 0 Å². The summed E-state index contributed by atoms with van der Waals surface area (Å²) < 4.78 is 18.9. The molecule has 0 fully saturated rings. The van der Waals surface area contributed by atoms with Gasteiger partial charge in [-0.25, -0.2) is 8.96 Å². The number of ether oxygens (including phenoxy) is 1. The van der Waals surface area contributed by atoms with Gasteiger partial charge in [-0.1, -0.05) is 4.98 Å². The lowest BCUT2D eigenvalue weighted by Crippen LogP contribution is -2.19. The maximum atomic E-state index is 13.2. The number of nitro groups is 1. The Kier molecular flexibility index (Phi) is 4.52. The molecule has 16 heavy (non-hydrogen) atoms. The molecule has 1 unspecified atom stereocenters. The predicted molar refractivity (Wildman–Crippen MR) is 50.7 cm³/mol. The van der Waals surface area contributed by atoms with Crippen LogP contribution in [0.2, 0.25) is 0 Å². The summed E-state index contributed by atoms with van der Waals surface area (Å²) in [6.07, 6.45) is 1.61. The zero-order valence-corrected chi connectivity index (χ0v) is 8.28. The standard InChI is InChI=1S/C8H10FN3O4/c9-7(6-16-4-3-13)5-11-2-1-10-8(11)12(14)15/h1-3,7H,4-6H2. The highest BCUT2D eigenvalue weighted by Crippen LogP contribution is 2.09. The first-order valence-electron chi connectivity index (χ1n) is 4.46. The molecule has 1 atom stereocenters. The van der Waals surface area contributed by atoms with Crippen molar-refractivity contribution < 1.29 is 18.8 Å². The number of alkyl halides is 1. The number of rotatable bonds is 7. The lowest BCUT2D eigenvalue weighted by atomic mass is 10.4. The van der Waals surface area contributed by atoms with Gasteiger partial charge in [-0.3, -0.25) is 0 Å². The lowest BCUT2D eigenvalue weighted by Gasteiger charge is -2.06. The minimum atomic E-state index is -1.42. The molecule has 0 aromatic carbocycles. The number of hydrogen-bond donors (Lipinski definition) is 0. The van der Waals surface area contributed by atoms with Gasteiger partial charge in [0.15, 0.2) is 6.17 Å². The number of aldehydes is 1. The third-order valence-corrected chi connectivity index (χ3v) is 1.74. The predicted octanol–water partition coefficient (Wildman–Crippen LogP) is 0.345. The van der Waals surface area contributed by atoms with Crippen LogP contribution in [0.15, 0.2) is 12.4 Å². The van der Waals surface area contributed by atoms with E-state index in [0.29, 0.717) is 6.29 Å². The third-order valence-electron chi connectivity index (χ3n) is 1.74. The van der Waals surface area contributed by atoms with Gasteiger partial charge in [0.2, 0.25) is 0 Å². The van der Waals surface area contributed by atoms with Crippen LogP contribution in [0, 0.1) is 10.1 Å². The average Bonchev–Trinajstić information content (AvgIpc) is 2.66. The average molecular weight is 231 g/mol. The molecule has 1 rings (SSSR count). The van der Waals surface area contributed by atoms with Gasteiger partial charge in [0.1, 0.15) is 31.8 Å². The van der Waals surface area contributed by atoms with Crippen molar-refractivity contribution in [3.8, 4) is 0 Å². The number of hydrogen-bond acceptors (Lipinski definition) is 5. The van der Waals surface area contributed by atoms with Crippen LogP contribution in [-0.4, -0.2) is 40.1 Å². The van der Waals surface area contributed by atoms with Crippen molar-refractivity contribution in [2.45, 2.75) is 12.7 Å². The van der Waals surface area contributed by atoms with Crippen LogP contribution >= 0.6 is 0 Å². The molecule has 0 aliphatic rings. The summed E-state index contributed by atoms with van der Waals surface area (Å²) >= 11 is 0. The van der Waals surface area contributed by atoms with Gasteiger partial charge in [0.25, 0.3) is 0 Å². The Morgan fingerprint density at radius 2 is 2.50 bits per heavy atom. The van der Waals surface area contributed by atoms with Crippen LogP contribution in [0.25, 0.3) is 0 Å². The Morgan fingerprint density at radius 3 is 3.12 bits per heavy atom. The Bertz CT molecular complexity index is 368. The Labute approximate surface area is 90.0 Å². The van der Waals surface area contributed by atoms with Gasteiger partial charge >= 0.3 is 5.95 Å². The van der Waals surface area contributed by atoms with Gasteiger partial charge in [0, 0.05) is 0 Å². The minimum absolute atomic E-state index is 0.188. The highest BCUT2D eigenvalue weighted by Gasteiger charge is 2.18. The first kappa shape index (κ1) is 12.2. The quantitative estimate of drug-likeness (QED) is 0.292. The van der Waals surface area contributed by atoms with Crippen molar-refractivity contribution in [1.82, 2.24) is 9.55 Å². The SMILES string of the molecule is O=CCOCC(F)Cn1ccnc1[N+](=O)[O-]. The number of aromatic nitrogens is 2. The van der Waals surface area contributed by atoms with Crippen LogP contribution < -0.4 is 0 Å². The van der Waals surface area contributed by atoms with Crippen LogP contribution in [0.1, 0.15) is 0 Å². The topological polar surface area (TPSA) is 87.3 Å². The van der Waals surface area contributed by atoms with E-state index >= 15 is 0 Å². The van der Waals surface area contributed by atoms with E-state index in [4.69, 9.17) is 0 Å². The first-order valence-corrected chi connectivity index (χ1v) is 4.46. The maximum Gasteiger partial charge on any atom is 0.434 e. The maximum absolute atomic E-state index is 13.2. The van der Waals surface area contributed by atoms with Crippen LogP contribution in [0.4, 0.5) is 10.3 Å². The second-order valence-corrected chi connectivity index (χ2v) is 2.94. The summed E-state index contributed by atoms with van der Waals surface area (Å²) in [7, 11) is 0. The molecule has 7 nitrogen and oxygen atoms in total. The normalized spacial score (nSPS) is 12.3. The number of carbonyl (C=O) groups is 1. The molecule has 0 aliphatic heterocycles. The van der Waals surface area contributed by atoms with Gasteiger partial charge in [0.05, 0.1) is 6.61 Å². The molecule has 0 N–H and O–H groups in total. The summed E-state index contributed by atoms with van der Waals surface area (Å²) in [5.74, 6) is -0.418. The molecule has 1 aromatic rings. The largest absolute Gasteiger partial charge is 0.434 e. The molecule has 0 radical (unpaired) electrons. The lowest BCUT2D eigenvalue weighted by molar-refractivity contribution is -0.396. The highest BCUT2D eigenvalue weighted by atomic mass is 19.1. The fourth-order valence-corrected chi connectivity index (χ4v) is 1.13. The third kappa shape index (κ3) is 3.39. The second kappa shape index (κ2) is 5.91. The first-order chi connectivity index (χ1) is 7.65. The molecule has 0 saturated carbocycles.